The van der Waals surface area contributed by atoms with Crippen LogP contribution in [-0.2, 0) is 19.2 Å². The molecule has 0 radical (unpaired) electrons. The molecule has 4 N–H and O–H groups in total. The van der Waals surface area contributed by atoms with Crippen molar-refractivity contribution >= 4 is 74.7 Å². The maximum absolute atomic E-state index is 14.9. The van der Waals surface area contributed by atoms with Crippen molar-refractivity contribution < 1.29 is 42.4 Å². The summed E-state index contributed by atoms with van der Waals surface area (Å²) in [5.41, 5.74) is 2.93. The van der Waals surface area contributed by atoms with Crippen LogP contribution in [0.3, 0.4) is 0 Å². The van der Waals surface area contributed by atoms with Crippen LogP contribution >= 0.6 is 0 Å². The Morgan fingerprint density at radius 2 is 1.59 bits per heavy atom. The second-order valence-corrected chi connectivity index (χ2v) is 15.2. The number of imide groups is 2. The second-order valence-electron chi connectivity index (χ2n) is 15.2. The molecular formula is C48H39N7O9. The second kappa shape index (κ2) is 17.5. The third-order valence-electron chi connectivity index (χ3n) is 11.2. The molecule has 2 aliphatic rings. The minimum atomic E-state index is -1.36. The lowest BCUT2D eigenvalue weighted by atomic mass is 10.0. The lowest BCUT2D eigenvalue weighted by Crippen LogP contribution is -2.54. The van der Waals surface area contributed by atoms with E-state index in [1.807, 2.05) is 30.3 Å². The summed E-state index contributed by atoms with van der Waals surface area (Å²) in [5.74, 6) is -4.30. The topological polar surface area (TPSA) is 213 Å². The molecule has 1 saturated heterocycles. The van der Waals surface area contributed by atoms with Crippen molar-refractivity contribution in [1.82, 2.24) is 25.8 Å². The zero-order chi connectivity index (χ0) is 44.3. The number of anilines is 2. The van der Waals surface area contributed by atoms with Gasteiger partial charge in [0.1, 0.15) is 29.3 Å². The van der Waals surface area contributed by atoms with Gasteiger partial charge in [-0.1, -0.05) is 60.7 Å². The van der Waals surface area contributed by atoms with E-state index in [4.69, 9.17) is 8.83 Å². The first-order valence-corrected chi connectivity index (χ1v) is 20.6. The summed E-state index contributed by atoms with van der Waals surface area (Å²) >= 11 is 0. The Morgan fingerprint density at radius 3 is 2.38 bits per heavy atom. The van der Waals surface area contributed by atoms with Crippen LogP contribution in [0.25, 0.3) is 21.9 Å². The largest absolute Gasteiger partial charge is 0.459 e. The van der Waals surface area contributed by atoms with Crippen LogP contribution in [0.2, 0.25) is 0 Å². The Labute approximate surface area is 364 Å². The number of aromatic nitrogens is 1. The number of nitrogens with zero attached hydrogens (tertiary/aromatic N) is 3. The molecule has 2 aliphatic heterocycles. The molecule has 4 aromatic carbocycles. The van der Waals surface area contributed by atoms with E-state index >= 15 is 0 Å². The van der Waals surface area contributed by atoms with Crippen molar-refractivity contribution in [1.29, 1.82) is 0 Å². The minimum absolute atomic E-state index is 0.00538. The molecule has 9 rings (SSSR count). The molecule has 16 nitrogen and oxygen atoms in total. The highest BCUT2D eigenvalue weighted by atomic mass is 16.3. The van der Waals surface area contributed by atoms with E-state index in [2.05, 4.69) is 26.3 Å². The molecular weight excluding hydrogens is 819 g/mol. The van der Waals surface area contributed by atoms with Crippen molar-refractivity contribution in [2.24, 2.45) is 0 Å². The number of pyridine rings is 1. The fourth-order valence-electron chi connectivity index (χ4n) is 8.18. The number of fused-ring (bicyclic) bond motifs is 4. The quantitative estimate of drug-likeness (QED) is 0.0754. The van der Waals surface area contributed by atoms with E-state index in [-0.39, 0.29) is 42.8 Å². The predicted octanol–water partition coefficient (Wildman–Crippen LogP) is 5.84. The van der Waals surface area contributed by atoms with Gasteiger partial charge in [0, 0.05) is 65.7 Å². The number of para-hydroxylation sites is 1. The number of carbonyl (C=O) groups is 7. The third kappa shape index (κ3) is 7.83. The molecule has 16 heteroatoms. The molecule has 0 aliphatic carbocycles. The van der Waals surface area contributed by atoms with Gasteiger partial charge in [0.05, 0.1) is 17.4 Å². The van der Waals surface area contributed by atoms with Crippen LogP contribution in [-0.4, -0.2) is 70.4 Å². The fraction of sp³-hybridized carbons (Fsp3) is 0.167. The smallest absolute Gasteiger partial charge is 0.294 e. The highest BCUT2D eigenvalue weighted by Gasteiger charge is 2.45. The number of nitrogens with one attached hydrogen (secondary N) is 4. The van der Waals surface area contributed by atoms with Crippen LogP contribution in [0.1, 0.15) is 73.7 Å². The maximum atomic E-state index is 14.9. The highest BCUT2D eigenvalue weighted by molar-refractivity contribution is 6.25. The normalized spacial score (nSPS) is 15.7. The summed E-state index contributed by atoms with van der Waals surface area (Å²) in [6, 6.07) is 29.0. The first-order chi connectivity index (χ1) is 31.2. The predicted molar refractivity (Wildman–Crippen MR) is 233 cm³/mol. The zero-order valence-corrected chi connectivity index (χ0v) is 34.0. The summed E-state index contributed by atoms with van der Waals surface area (Å²) in [7, 11) is 0. The highest BCUT2D eigenvalue weighted by Crippen LogP contribution is 2.36. The molecule has 0 spiro atoms. The van der Waals surface area contributed by atoms with Gasteiger partial charge in [-0.15, -0.1) is 0 Å². The molecule has 2 unspecified atom stereocenters. The molecule has 7 aromatic rings. The number of hydrogen-bond acceptors (Lipinski definition) is 11. The fourth-order valence-corrected chi connectivity index (χ4v) is 8.18. The molecule has 3 aromatic heterocycles. The lowest BCUT2D eigenvalue weighted by molar-refractivity contribution is -0.136. The van der Waals surface area contributed by atoms with Gasteiger partial charge in [0.25, 0.3) is 17.7 Å². The Kier molecular flexibility index (Phi) is 11.2. The van der Waals surface area contributed by atoms with Crippen molar-refractivity contribution in [2.45, 2.75) is 37.4 Å². The van der Waals surface area contributed by atoms with Crippen molar-refractivity contribution in [2.75, 3.05) is 23.3 Å². The Morgan fingerprint density at radius 1 is 0.797 bits per heavy atom. The monoisotopic (exact) mass is 857 g/mol. The third-order valence-corrected chi connectivity index (χ3v) is 11.2. The van der Waals surface area contributed by atoms with Crippen molar-refractivity contribution in [3.63, 3.8) is 0 Å². The van der Waals surface area contributed by atoms with Crippen molar-refractivity contribution in [3.8, 4) is 0 Å². The van der Waals surface area contributed by atoms with Gasteiger partial charge in [-0.25, -0.2) is 0 Å². The standard InChI is InChI=1S/C48H39N7O9/c56-39-21-20-35(43(57)52-39)55-46(60)33-14-6-15-34(40(33)48(55)62)50-23-9-24-51-44(58)41(28-10-2-1-3-11-28)53-45(59)42(29-12-7-22-49-27-29)54(47(61)37-17-8-25-63-37)30-18-19-32-31-13-4-5-16-36(31)64-38(32)26-30/h1-8,10-19,22,25-27,35,41-42,50H,9,20-21,23-24H2,(H,51,58)(H,53,59)(H,52,56,57)/t35?,41-,42?/m0/s1. The molecule has 0 bridgehead atoms. The van der Waals surface area contributed by atoms with Crippen LogP contribution in [0.4, 0.5) is 11.4 Å². The number of carbonyl (C=O) groups excluding carboxylic acids is 7. The lowest BCUT2D eigenvalue weighted by Gasteiger charge is -2.32. The summed E-state index contributed by atoms with van der Waals surface area (Å²) in [6.45, 7) is 0.406. The van der Waals surface area contributed by atoms with E-state index in [1.54, 1.807) is 79.0 Å². The first-order valence-electron chi connectivity index (χ1n) is 20.6. The molecule has 1 fully saturated rings. The van der Waals surface area contributed by atoms with E-state index in [0.29, 0.717) is 40.1 Å². The van der Waals surface area contributed by atoms with Crippen LogP contribution in [0.15, 0.2) is 143 Å². The number of furan rings is 2. The van der Waals surface area contributed by atoms with Crippen LogP contribution in [0, 0.1) is 0 Å². The van der Waals surface area contributed by atoms with E-state index in [1.165, 1.54) is 29.5 Å². The van der Waals surface area contributed by atoms with Gasteiger partial charge >= 0.3 is 0 Å². The van der Waals surface area contributed by atoms with Crippen LogP contribution < -0.4 is 26.2 Å². The van der Waals surface area contributed by atoms with Gasteiger partial charge in [-0.2, -0.15) is 0 Å². The summed E-state index contributed by atoms with van der Waals surface area (Å²) < 4.78 is 11.7. The van der Waals surface area contributed by atoms with Gasteiger partial charge in [-0.05, 0) is 66.9 Å². The number of benzene rings is 4. The molecule has 64 heavy (non-hydrogen) atoms. The Hall–Kier alpha value is -8.40. The van der Waals surface area contributed by atoms with Gasteiger partial charge < -0.3 is 24.8 Å². The number of piperidine rings is 1. The van der Waals surface area contributed by atoms with Gasteiger partial charge in [0.2, 0.25) is 23.6 Å². The maximum Gasteiger partial charge on any atom is 0.294 e. The Balaban J connectivity index is 0.940. The molecule has 320 valence electrons. The van der Waals surface area contributed by atoms with Crippen LogP contribution in [0.5, 0.6) is 0 Å². The van der Waals surface area contributed by atoms with E-state index < -0.39 is 59.5 Å². The SMILES string of the molecule is O=C1CCC(N2C(=O)c3cccc(NCCCNC(=O)[C@@H](NC(=O)C(c4cccnc4)N(C(=O)c4ccco4)c4ccc5c(c4)oc4ccccc45)c4ccccc4)c3C2=O)C(=O)N1. The number of amides is 7. The average molecular weight is 858 g/mol. The molecule has 5 heterocycles. The zero-order valence-electron chi connectivity index (χ0n) is 34.0. The first kappa shape index (κ1) is 41.0. The summed E-state index contributed by atoms with van der Waals surface area (Å²) in [4.78, 5) is 101. The average Bonchev–Trinajstić information content (AvgIpc) is 4.05. The summed E-state index contributed by atoms with van der Waals surface area (Å²) in [5, 5.41) is 12.9. The van der Waals surface area contributed by atoms with Gasteiger partial charge in [-0.3, -0.25) is 53.7 Å². The minimum Gasteiger partial charge on any atom is -0.459 e. The molecule has 0 saturated carbocycles. The Bertz CT molecular complexity index is 2950. The van der Waals surface area contributed by atoms with E-state index in [0.717, 1.165) is 15.7 Å². The molecule has 7 amide bonds. The summed E-state index contributed by atoms with van der Waals surface area (Å²) in [6.07, 6.45) is 4.79. The van der Waals surface area contributed by atoms with E-state index in [9.17, 15) is 33.6 Å². The van der Waals surface area contributed by atoms with Gasteiger partial charge in [0.15, 0.2) is 5.76 Å². The number of rotatable bonds is 14. The van der Waals surface area contributed by atoms with Crippen molar-refractivity contribution in [3.05, 3.63) is 162 Å². The number of hydrogen-bond donors (Lipinski definition) is 4. The molecule has 3 atom stereocenters.